The summed E-state index contributed by atoms with van der Waals surface area (Å²) in [6, 6.07) is 1.14. The second-order valence-electron chi connectivity index (χ2n) is 4.51. The van der Waals surface area contributed by atoms with Crippen molar-refractivity contribution in [1.29, 1.82) is 0 Å². The lowest BCUT2D eigenvalue weighted by Gasteiger charge is -2.16. The van der Waals surface area contributed by atoms with Crippen molar-refractivity contribution >= 4 is 26.7 Å². The largest absolute Gasteiger partial charge is 0.416 e. The summed E-state index contributed by atoms with van der Waals surface area (Å²) in [5, 5.41) is 0.297. The molecular formula is C12H13F3N2S. The Bertz CT molecular complexity index is 599. The normalized spacial score (nSPS) is 12.6. The van der Waals surface area contributed by atoms with E-state index >= 15 is 0 Å². The molecule has 0 unspecified atom stereocenters. The minimum absolute atomic E-state index is 0.0312. The van der Waals surface area contributed by atoms with E-state index in [0.717, 1.165) is 17.4 Å². The van der Waals surface area contributed by atoms with Crippen LogP contribution in [0.3, 0.4) is 0 Å². The van der Waals surface area contributed by atoms with Crippen molar-refractivity contribution < 1.29 is 13.2 Å². The molecule has 2 rings (SSSR count). The van der Waals surface area contributed by atoms with Crippen LogP contribution in [-0.4, -0.2) is 4.98 Å². The van der Waals surface area contributed by atoms with Crippen LogP contribution in [0.25, 0.3) is 10.2 Å². The van der Waals surface area contributed by atoms with Crippen LogP contribution in [0, 0.1) is 6.92 Å². The maximum atomic E-state index is 13.0. The summed E-state index contributed by atoms with van der Waals surface area (Å²) in [4.78, 5) is 4.15. The molecule has 0 spiro atoms. The van der Waals surface area contributed by atoms with Crippen LogP contribution in [0.15, 0.2) is 6.07 Å². The lowest BCUT2D eigenvalue weighted by Crippen LogP contribution is -2.10. The van der Waals surface area contributed by atoms with Gasteiger partial charge in [0.05, 0.1) is 15.8 Å². The van der Waals surface area contributed by atoms with E-state index in [0.29, 0.717) is 20.9 Å². The minimum Gasteiger partial charge on any atom is -0.375 e. The van der Waals surface area contributed by atoms with Crippen molar-refractivity contribution in [3.8, 4) is 0 Å². The Morgan fingerprint density at radius 3 is 2.44 bits per heavy atom. The van der Waals surface area contributed by atoms with Crippen LogP contribution in [0.5, 0.6) is 0 Å². The molecule has 18 heavy (non-hydrogen) atoms. The molecule has 0 amide bonds. The van der Waals surface area contributed by atoms with Gasteiger partial charge in [0, 0.05) is 0 Å². The molecule has 98 valence electrons. The van der Waals surface area contributed by atoms with Gasteiger partial charge in [0.2, 0.25) is 0 Å². The number of nitrogens with two attached hydrogens (primary N) is 1. The summed E-state index contributed by atoms with van der Waals surface area (Å²) < 4.78 is 39.4. The molecule has 1 aromatic heterocycles. The number of halogens is 3. The second-order valence-corrected chi connectivity index (χ2v) is 5.58. The number of hydrogen-bond acceptors (Lipinski definition) is 3. The number of nitrogen functional groups attached to an aromatic ring is 1. The maximum absolute atomic E-state index is 13.0. The first-order valence-corrected chi connectivity index (χ1v) is 6.30. The fraction of sp³-hybridized carbons (Fsp3) is 0.417. The monoisotopic (exact) mass is 274 g/mol. The Hall–Kier alpha value is -1.30. The number of aromatic nitrogens is 1. The van der Waals surface area contributed by atoms with Crippen LogP contribution < -0.4 is 5.73 Å². The molecule has 0 saturated heterocycles. The number of anilines is 1. The number of hydrogen-bond donors (Lipinski definition) is 1. The molecule has 0 aliphatic rings. The summed E-state index contributed by atoms with van der Waals surface area (Å²) in [6.45, 7) is 5.21. The van der Waals surface area contributed by atoms with Crippen LogP contribution in [0.2, 0.25) is 0 Å². The van der Waals surface area contributed by atoms with Gasteiger partial charge in [0.15, 0.2) is 5.13 Å². The van der Waals surface area contributed by atoms with E-state index in [4.69, 9.17) is 5.73 Å². The number of fused-ring (bicyclic) bond motifs is 1. The van der Waals surface area contributed by atoms with Gasteiger partial charge in [0.25, 0.3) is 0 Å². The highest BCUT2D eigenvalue weighted by atomic mass is 32.1. The van der Waals surface area contributed by atoms with E-state index in [1.165, 1.54) is 6.92 Å². The summed E-state index contributed by atoms with van der Waals surface area (Å²) in [6.07, 6.45) is -4.35. The minimum atomic E-state index is -4.35. The van der Waals surface area contributed by atoms with E-state index in [-0.39, 0.29) is 11.5 Å². The van der Waals surface area contributed by atoms with Gasteiger partial charge in [-0.1, -0.05) is 25.2 Å². The number of rotatable bonds is 1. The van der Waals surface area contributed by atoms with Crippen molar-refractivity contribution in [3.63, 3.8) is 0 Å². The quantitative estimate of drug-likeness (QED) is 0.840. The molecule has 0 atom stereocenters. The summed E-state index contributed by atoms with van der Waals surface area (Å²) in [5.41, 5.74) is 6.47. The first-order chi connectivity index (χ1) is 8.21. The number of alkyl halides is 3. The van der Waals surface area contributed by atoms with Crippen LogP contribution in [0.1, 0.15) is 36.5 Å². The number of benzene rings is 1. The van der Waals surface area contributed by atoms with Gasteiger partial charge in [-0.15, -0.1) is 0 Å². The van der Waals surface area contributed by atoms with Crippen molar-refractivity contribution in [2.24, 2.45) is 0 Å². The third-order valence-electron chi connectivity index (χ3n) is 2.89. The second kappa shape index (κ2) is 4.12. The molecular weight excluding hydrogens is 261 g/mol. The average Bonchev–Trinajstić information content (AvgIpc) is 2.54. The van der Waals surface area contributed by atoms with Crippen LogP contribution in [0.4, 0.5) is 18.3 Å². The lowest BCUT2D eigenvalue weighted by molar-refractivity contribution is -0.138. The zero-order valence-corrected chi connectivity index (χ0v) is 11.0. The van der Waals surface area contributed by atoms with Crippen molar-refractivity contribution in [2.45, 2.75) is 32.9 Å². The molecule has 0 radical (unpaired) electrons. The first-order valence-electron chi connectivity index (χ1n) is 5.48. The van der Waals surface area contributed by atoms with Gasteiger partial charge in [-0.05, 0) is 30.0 Å². The SMILES string of the molecule is Cc1c(C(F)(F)F)cc2sc(N)nc2c1C(C)C. The Morgan fingerprint density at radius 2 is 1.94 bits per heavy atom. The summed E-state index contributed by atoms with van der Waals surface area (Å²) in [5.74, 6) is -0.0312. The summed E-state index contributed by atoms with van der Waals surface area (Å²) >= 11 is 1.09. The molecule has 1 heterocycles. The molecule has 0 aliphatic heterocycles. The Balaban J connectivity index is 2.88. The van der Waals surface area contributed by atoms with Gasteiger partial charge in [0.1, 0.15) is 0 Å². The highest BCUT2D eigenvalue weighted by Crippen LogP contribution is 2.40. The van der Waals surface area contributed by atoms with Gasteiger partial charge in [-0.3, -0.25) is 0 Å². The van der Waals surface area contributed by atoms with E-state index in [1.54, 1.807) is 0 Å². The smallest absolute Gasteiger partial charge is 0.375 e. The Labute approximate surface area is 107 Å². The standard InChI is InChI=1S/C12H13F3N2S/c1-5(2)9-6(3)7(12(13,14)15)4-8-10(9)17-11(16)18-8/h4-5H,1-3H3,(H2,16,17). The van der Waals surface area contributed by atoms with E-state index in [1.807, 2.05) is 13.8 Å². The van der Waals surface area contributed by atoms with E-state index in [9.17, 15) is 13.2 Å². The molecule has 0 saturated carbocycles. The van der Waals surface area contributed by atoms with Crippen molar-refractivity contribution in [3.05, 3.63) is 22.8 Å². The topological polar surface area (TPSA) is 38.9 Å². The van der Waals surface area contributed by atoms with Crippen LogP contribution in [-0.2, 0) is 6.18 Å². The van der Waals surface area contributed by atoms with Crippen LogP contribution >= 0.6 is 11.3 Å². The molecule has 2 nitrogen and oxygen atoms in total. The zero-order chi connectivity index (χ0) is 13.7. The van der Waals surface area contributed by atoms with E-state index in [2.05, 4.69) is 4.98 Å². The van der Waals surface area contributed by atoms with Gasteiger partial charge >= 0.3 is 6.18 Å². The molecule has 6 heteroatoms. The average molecular weight is 274 g/mol. The van der Waals surface area contributed by atoms with Crippen molar-refractivity contribution in [2.75, 3.05) is 5.73 Å². The van der Waals surface area contributed by atoms with Gasteiger partial charge in [-0.2, -0.15) is 13.2 Å². The number of nitrogens with zero attached hydrogens (tertiary/aromatic N) is 1. The highest BCUT2D eigenvalue weighted by molar-refractivity contribution is 7.22. The molecule has 0 fully saturated rings. The maximum Gasteiger partial charge on any atom is 0.416 e. The predicted molar refractivity (Wildman–Crippen MR) is 67.9 cm³/mol. The molecule has 2 aromatic rings. The molecule has 0 aliphatic carbocycles. The Kier molecular flexibility index (Phi) is 3.01. The molecule has 2 N–H and O–H groups in total. The summed E-state index contributed by atoms with van der Waals surface area (Å²) in [7, 11) is 0. The lowest BCUT2D eigenvalue weighted by atomic mass is 9.93. The molecule has 0 bridgehead atoms. The predicted octanol–water partition coefficient (Wildman–Crippen LogP) is 4.33. The Morgan fingerprint density at radius 1 is 1.33 bits per heavy atom. The fourth-order valence-electron chi connectivity index (χ4n) is 2.20. The van der Waals surface area contributed by atoms with E-state index < -0.39 is 11.7 Å². The first kappa shape index (κ1) is 13.1. The van der Waals surface area contributed by atoms with Gasteiger partial charge < -0.3 is 5.73 Å². The third kappa shape index (κ3) is 2.05. The molecule has 1 aromatic carbocycles. The highest BCUT2D eigenvalue weighted by Gasteiger charge is 2.34. The third-order valence-corrected chi connectivity index (χ3v) is 3.72. The fourth-order valence-corrected chi connectivity index (χ4v) is 2.99. The van der Waals surface area contributed by atoms with Gasteiger partial charge in [-0.25, -0.2) is 4.98 Å². The number of thiazole rings is 1. The van der Waals surface area contributed by atoms with Crippen molar-refractivity contribution in [1.82, 2.24) is 4.98 Å². The zero-order valence-electron chi connectivity index (χ0n) is 10.2.